The molecular weight excluding hydrogens is 512 g/mol. The summed E-state index contributed by atoms with van der Waals surface area (Å²) in [5.41, 5.74) is 10.5. The summed E-state index contributed by atoms with van der Waals surface area (Å²) in [5.74, 6) is 0. The molecule has 3 aromatic carbocycles. The monoisotopic (exact) mass is 566 g/mol. The van der Waals surface area contributed by atoms with E-state index in [0.717, 1.165) is 39.1 Å². The van der Waals surface area contributed by atoms with E-state index >= 15 is 0 Å². The van der Waals surface area contributed by atoms with Crippen molar-refractivity contribution in [2.24, 2.45) is 0 Å². The number of fused-ring (bicyclic) bond motifs is 5. The van der Waals surface area contributed by atoms with Gasteiger partial charge in [0.1, 0.15) is 0 Å². The Morgan fingerprint density at radius 3 is 1.71 bits per heavy atom. The van der Waals surface area contributed by atoms with Gasteiger partial charge in [0, 0.05) is 67.4 Å². The average molecular weight is 567 g/mol. The second-order valence-electron chi connectivity index (χ2n) is 12.7. The predicted molar refractivity (Wildman–Crippen MR) is 181 cm³/mol. The molecule has 0 spiro atoms. The van der Waals surface area contributed by atoms with Crippen molar-refractivity contribution in [1.82, 2.24) is 19.7 Å². The minimum absolute atomic E-state index is 0. The van der Waals surface area contributed by atoms with Crippen molar-refractivity contribution in [2.75, 3.05) is 13.1 Å². The lowest BCUT2D eigenvalue weighted by molar-refractivity contribution is 0.203. The molecule has 42 heavy (non-hydrogen) atoms. The molecule has 4 heterocycles. The smallest absolute Gasteiger partial charge is 0.0488 e. The van der Waals surface area contributed by atoms with Crippen molar-refractivity contribution in [3.8, 4) is 0 Å². The van der Waals surface area contributed by atoms with Gasteiger partial charge in [0.2, 0.25) is 0 Å². The maximum atomic E-state index is 3.48. The van der Waals surface area contributed by atoms with Crippen LogP contribution in [0.5, 0.6) is 0 Å². The normalized spacial score (nSPS) is 16.2. The van der Waals surface area contributed by atoms with Gasteiger partial charge in [-0.05, 0) is 94.8 Å². The third-order valence-corrected chi connectivity index (χ3v) is 8.97. The topological polar surface area (TPSA) is 23.4 Å². The van der Waals surface area contributed by atoms with E-state index in [0.29, 0.717) is 18.1 Å². The standard InChI is InChI=1S/C14H18N2.C12H17N.C11H15N.CH4/c1-10(2)16-13-6-4-3-5-11(13)12-7-8-15-9-14(12)16;1-10(2)13-8-7-11-5-3-4-6-12(11)9-13;1-9(2)12-7-10-5-3-4-6-11(10)8-12;/h3-6,10,15H,7-9H2,1-2H3;3-6,10H,7-9H2,1-2H3;3-6,9H,7-8H2,1-2H3;1H4. The Bertz CT molecular complexity index is 1410. The van der Waals surface area contributed by atoms with E-state index in [1.54, 1.807) is 11.1 Å². The number of aromatic nitrogens is 1. The summed E-state index contributed by atoms with van der Waals surface area (Å²) in [7, 11) is 0. The van der Waals surface area contributed by atoms with E-state index in [1.807, 2.05) is 0 Å². The van der Waals surface area contributed by atoms with Crippen molar-refractivity contribution < 1.29 is 0 Å². The van der Waals surface area contributed by atoms with E-state index in [4.69, 9.17) is 0 Å². The molecule has 0 unspecified atom stereocenters. The van der Waals surface area contributed by atoms with Crippen molar-refractivity contribution in [3.63, 3.8) is 0 Å². The maximum Gasteiger partial charge on any atom is 0.0488 e. The molecule has 0 amide bonds. The summed E-state index contributed by atoms with van der Waals surface area (Å²) in [6.45, 7) is 20.3. The van der Waals surface area contributed by atoms with Crippen LogP contribution >= 0.6 is 0 Å². The molecule has 0 aliphatic carbocycles. The highest BCUT2D eigenvalue weighted by Gasteiger charge is 2.21. The quantitative estimate of drug-likeness (QED) is 0.269. The van der Waals surface area contributed by atoms with Gasteiger partial charge in [-0.2, -0.15) is 0 Å². The zero-order valence-corrected chi connectivity index (χ0v) is 26.2. The number of hydrogen-bond donors (Lipinski definition) is 1. The second kappa shape index (κ2) is 14.5. The largest absolute Gasteiger partial charge is 0.341 e. The SMILES string of the molecule is C.CC(C)N1CCc2ccccc2C1.CC(C)N1Cc2ccccc2C1.CC(C)n1c2c(c3ccccc31)CCNC2. The Labute approximate surface area is 255 Å². The first-order valence-corrected chi connectivity index (χ1v) is 15.8. The molecule has 3 aliphatic rings. The van der Waals surface area contributed by atoms with Gasteiger partial charge in [0.25, 0.3) is 0 Å². The minimum atomic E-state index is 0. The van der Waals surface area contributed by atoms with Crippen LogP contribution in [0.25, 0.3) is 10.9 Å². The number of nitrogens with zero attached hydrogens (tertiary/aromatic N) is 3. The van der Waals surface area contributed by atoms with Crippen LogP contribution in [0, 0.1) is 0 Å². The average Bonchev–Trinajstić information content (AvgIpc) is 3.58. The van der Waals surface area contributed by atoms with Gasteiger partial charge in [-0.15, -0.1) is 0 Å². The van der Waals surface area contributed by atoms with Gasteiger partial charge in [-0.1, -0.05) is 74.2 Å². The summed E-state index contributed by atoms with van der Waals surface area (Å²) in [6, 6.07) is 28.2. The van der Waals surface area contributed by atoms with Gasteiger partial charge in [-0.25, -0.2) is 0 Å². The minimum Gasteiger partial charge on any atom is -0.341 e. The number of benzene rings is 3. The first-order chi connectivity index (χ1) is 19.8. The Kier molecular flexibility index (Phi) is 11.1. The molecule has 4 nitrogen and oxygen atoms in total. The van der Waals surface area contributed by atoms with E-state index in [-0.39, 0.29) is 7.43 Å². The summed E-state index contributed by atoms with van der Waals surface area (Å²) in [6.07, 6.45) is 2.38. The fourth-order valence-corrected chi connectivity index (χ4v) is 6.55. The molecule has 1 N–H and O–H groups in total. The highest BCUT2D eigenvalue weighted by atomic mass is 15.2. The second-order valence-corrected chi connectivity index (χ2v) is 12.7. The Balaban J connectivity index is 0.000000145. The third kappa shape index (κ3) is 7.16. The van der Waals surface area contributed by atoms with E-state index in [9.17, 15) is 0 Å². The lowest BCUT2D eigenvalue weighted by Crippen LogP contribution is -2.35. The van der Waals surface area contributed by atoms with E-state index < -0.39 is 0 Å². The van der Waals surface area contributed by atoms with Crippen LogP contribution in [-0.2, 0) is 39.0 Å². The molecule has 0 atom stereocenters. The molecule has 0 bridgehead atoms. The van der Waals surface area contributed by atoms with Crippen LogP contribution in [0.1, 0.15) is 88.5 Å². The van der Waals surface area contributed by atoms with Crippen molar-refractivity contribution in [1.29, 1.82) is 0 Å². The highest BCUT2D eigenvalue weighted by Crippen LogP contribution is 2.31. The number of nitrogens with one attached hydrogen (secondary N) is 1. The molecular formula is C38H54N4. The van der Waals surface area contributed by atoms with E-state index in [2.05, 4.69) is 134 Å². The Morgan fingerprint density at radius 2 is 1.12 bits per heavy atom. The lowest BCUT2D eigenvalue weighted by Gasteiger charge is -2.31. The molecule has 1 aromatic heterocycles. The zero-order valence-electron chi connectivity index (χ0n) is 26.2. The summed E-state index contributed by atoms with van der Waals surface area (Å²) < 4.78 is 2.48. The lowest BCUT2D eigenvalue weighted by atomic mass is 9.99. The van der Waals surface area contributed by atoms with Crippen LogP contribution in [0.2, 0.25) is 0 Å². The summed E-state index contributed by atoms with van der Waals surface area (Å²) >= 11 is 0. The molecule has 226 valence electrons. The number of rotatable bonds is 3. The molecule has 7 rings (SSSR count). The Morgan fingerprint density at radius 1 is 0.595 bits per heavy atom. The van der Waals surface area contributed by atoms with Crippen LogP contribution < -0.4 is 5.32 Å². The van der Waals surface area contributed by atoms with Gasteiger partial charge in [-0.3, -0.25) is 9.80 Å². The maximum absolute atomic E-state index is 3.48. The molecule has 0 radical (unpaired) electrons. The fraction of sp³-hybridized carbons (Fsp3) is 0.474. The van der Waals surface area contributed by atoms with Gasteiger partial charge in [0.05, 0.1) is 0 Å². The summed E-state index contributed by atoms with van der Waals surface area (Å²) in [4.78, 5) is 5.02. The van der Waals surface area contributed by atoms with Crippen molar-refractivity contribution in [3.05, 3.63) is 106 Å². The molecule has 0 saturated heterocycles. The zero-order chi connectivity index (χ0) is 28.9. The number of hydrogen-bond acceptors (Lipinski definition) is 3. The molecule has 4 aromatic rings. The molecule has 4 heteroatoms. The fourth-order valence-electron chi connectivity index (χ4n) is 6.55. The van der Waals surface area contributed by atoms with Crippen molar-refractivity contribution in [2.45, 2.75) is 106 Å². The van der Waals surface area contributed by atoms with Crippen LogP contribution in [-0.4, -0.2) is 39.5 Å². The van der Waals surface area contributed by atoms with Gasteiger partial charge < -0.3 is 9.88 Å². The highest BCUT2D eigenvalue weighted by molar-refractivity contribution is 5.86. The van der Waals surface area contributed by atoms with Crippen LogP contribution in [0.15, 0.2) is 72.8 Å². The predicted octanol–water partition coefficient (Wildman–Crippen LogP) is 8.37. The summed E-state index contributed by atoms with van der Waals surface area (Å²) in [5, 5.41) is 4.93. The molecule has 0 fully saturated rings. The third-order valence-electron chi connectivity index (χ3n) is 8.97. The molecule has 0 saturated carbocycles. The molecule has 3 aliphatic heterocycles. The van der Waals surface area contributed by atoms with E-state index in [1.165, 1.54) is 46.3 Å². The number of para-hydroxylation sites is 1. The Hall–Kier alpha value is -2.92. The van der Waals surface area contributed by atoms with Gasteiger partial charge in [0.15, 0.2) is 0 Å². The van der Waals surface area contributed by atoms with Crippen molar-refractivity contribution >= 4 is 10.9 Å². The van der Waals surface area contributed by atoms with Gasteiger partial charge >= 0.3 is 0 Å². The van der Waals surface area contributed by atoms with Crippen LogP contribution in [0.3, 0.4) is 0 Å². The van der Waals surface area contributed by atoms with Crippen LogP contribution in [0.4, 0.5) is 0 Å². The first kappa shape index (κ1) is 32.0. The first-order valence-electron chi connectivity index (χ1n) is 15.8.